The lowest BCUT2D eigenvalue weighted by molar-refractivity contribution is -0.120. The van der Waals surface area contributed by atoms with Crippen molar-refractivity contribution in [1.82, 2.24) is 9.29 Å². The van der Waals surface area contributed by atoms with Gasteiger partial charge in [-0.15, -0.1) is 0 Å². The Kier molecular flexibility index (Phi) is 4.49. The van der Waals surface area contributed by atoms with Crippen LogP contribution in [0.5, 0.6) is 11.5 Å². The van der Waals surface area contributed by atoms with Gasteiger partial charge < -0.3 is 14.8 Å². The van der Waals surface area contributed by atoms with Gasteiger partial charge in [-0.05, 0) is 12.8 Å². The lowest BCUT2D eigenvalue weighted by atomic mass is 9.97. The molecule has 1 saturated heterocycles. The van der Waals surface area contributed by atoms with Crippen LogP contribution in [0, 0.1) is 5.92 Å². The fourth-order valence-electron chi connectivity index (χ4n) is 3.18. The van der Waals surface area contributed by atoms with Crippen molar-refractivity contribution >= 4 is 42.6 Å². The van der Waals surface area contributed by atoms with Crippen molar-refractivity contribution in [2.24, 2.45) is 5.92 Å². The molecule has 1 fully saturated rings. The van der Waals surface area contributed by atoms with E-state index in [-0.39, 0.29) is 11.8 Å². The summed E-state index contributed by atoms with van der Waals surface area (Å²) in [4.78, 5) is 16.9. The highest BCUT2D eigenvalue weighted by Crippen LogP contribution is 2.38. The fourth-order valence-corrected chi connectivity index (χ4v) is 4.93. The monoisotopic (exact) mass is 397 g/mol. The molecule has 0 spiro atoms. The molecular formula is C16H19N3O5S2. The van der Waals surface area contributed by atoms with Crippen molar-refractivity contribution < 1.29 is 22.7 Å². The molecule has 140 valence electrons. The lowest BCUT2D eigenvalue weighted by Gasteiger charge is -2.29. The summed E-state index contributed by atoms with van der Waals surface area (Å²) in [5, 5.41) is 3.39. The second-order valence-corrected chi connectivity index (χ2v) is 9.42. The second kappa shape index (κ2) is 6.67. The number of amides is 1. The average molecular weight is 397 g/mol. The van der Waals surface area contributed by atoms with Gasteiger partial charge in [-0.2, -0.15) is 0 Å². The Morgan fingerprint density at radius 3 is 2.54 bits per heavy atom. The van der Waals surface area contributed by atoms with Gasteiger partial charge >= 0.3 is 0 Å². The maximum Gasteiger partial charge on any atom is 0.229 e. The first-order chi connectivity index (χ1) is 12.4. The predicted octanol–water partition coefficient (Wildman–Crippen LogP) is 1.68. The molecule has 2 aliphatic heterocycles. The number of piperidine rings is 1. The van der Waals surface area contributed by atoms with Crippen molar-refractivity contribution in [3.8, 4) is 11.5 Å². The standard InChI is InChI=1S/C16H19N3O5S2/c1-26(21,22)19-4-2-10(3-5-19)15(20)18-16-17-11-8-12-13(9-14(11)25-16)24-7-6-23-12/h8-10H,2-7H2,1H3,(H,17,18,20). The number of thiazole rings is 1. The maximum absolute atomic E-state index is 12.5. The minimum atomic E-state index is -3.19. The minimum absolute atomic E-state index is 0.116. The predicted molar refractivity (Wildman–Crippen MR) is 98.4 cm³/mol. The summed E-state index contributed by atoms with van der Waals surface area (Å²) in [6, 6.07) is 3.70. The van der Waals surface area contributed by atoms with Crippen LogP contribution in [0.2, 0.25) is 0 Å². The number of nitrogens with zero attached hydrogens (tertiary/aromatic N) is 2. The Morgan fingerprint density at radius 1 is 1.23 bits per heavy atom. The Bertz CT molecular complexity index is 905. The molecule has 0 atom stereocenters. The Morgan fingerprint density at radius 2 is 1.88 bits per heavy atom. The molecule has 1 N–H and O–H groups in total. The highest BCUT2D eigenvalue weighted by molar-refractivity contribution is 7.88. The molecule has 0 bridgehead atoms. The van der Waals surface area contributed by atoms with Crippen molar-refractivity contribution in [2.45, 2.75) is 12.8 Å². The van der Waals surface area contributed by atoms with E-state index in [1.54, 1.807) is 0 Å². The summed E-state index contributed by atoms with van der Waals surface area (Å²) in [6.45, 7) is 1.78. The zero-order valence-corrected chi connectivity index (χ0v) is 15.9. The molecule has 1 aromatic carbocycles. The van der Waals surface area contributed by atoms with Crippen LogP contribution in [-0.2, 0) is 14.8 Å². The Hall–Kier alpha value is -1.91. The summed E-state index contributed by atoms with van der Waals surface area (Å²) in [7, 11) is -3.19. The number of hydrogen-bond acceptors (Lipinski definition) is 7. The van der Waals surface area contributed by atoms with E-state index < -0.39 is 10.0 Å². The van der Waals surface area contributed by atoms with Crippen molar-refractivity contribution in [1.29, 1.82) is 0 Å². The van der Waals surface area contributed by atoms with Gasteiger partial charge in [-0.1, -0.05) is 11.3 Å². The number of benzene rings is 1. The summed E-state index contributed by atoms with van der Waals surface area (Å²) in [5.74, 6) is 1.04. The summed E-state index contributed by atoms with van der Waals surface area (Å²) < 4.78 is 36.6. The minimum Gasteiger partial charge on any atom is -0.486 e. The smallest absolute Gasteiger partial charge is 0.229 e. The summed E-state index contributed by atoms with van der Waals surface area (Å²) in [5.41, 5.74) is 0.751. The average Bonchev–Trinajstić information content (AvgIpc) is 3.00. The van der Waals surface area contributed by atoms with Crippen LogP contribution in [-0.4, -0.2) is 56.2 Å². The van der Waals surface area contributed by atoms with E-state index in [9.17, 15) is 13.2 Å². The summed E-state index contributed by atoms with van der Waals surface area (Å²) in [6.07, 6.45) is 2.22. The molecule has 4 rings (SSSR count). The molecule has 1 amide bonds. The molecule has 1 aromatic heterocycles. The number of aromatic nitrogens is 1. The van der Waals surface area contributed by atoms with E-state index in [0.29, 0.717) is 55.8 Å². The Labute approximate surface area is 155 Å². The topological polar surface area (TPSA) is 97.8 Å². The molecule has 3 heterocycles. The third kappa shape index (κ3) is 3.49. The SMILES string of the molecule is CS(=O)(=O)N1CCC(C(=O)Nc2nc3cc4c(cc3s2)OCCO4)CC1. The molecule has 2 aromatic rings. The maximum atomic E-state index is 12.5. The number of anilines is 1. The zero-order valence-electron chi connectivity index (χ0n) is 14.2. The van der Waals surface area contributed by atoms with Gasteiger partial charge in [-0.3, -0.25) is 4.79 Å². The number of hydrogen-bond donors (Lipinski definition) is 1. The molecule has 0 saturated carbocycles. The van der Waals surface area contributed by atoms with Crippen molar-refractivity contribution in [2.75, 3.05) is 37.9 Å². The van der Waals surface area contributed by atoms with Gasteiger partial charge in [0, 0.05) is 31.1 Å². The first-order valence-electron chi connectivity index (χ1n) is 8.36. The van der Waals surface area contributed by atoms with E-state index in [4.69, 9.17) is 9.47 Å². The van der Waals surface area contributed by atoms with E-state index >= 15 is 0 Å². The van der Waals surface area contributed by atoms with E-state index in [2.05, 4.69) is 10.3 Å². The fraction of sp³-hybridized carbons (Fsp3) is 0.500. The normalized spacial score (nSPS) is 18.8. The van der Waals surface area contributed by atoms with Crippen LogP contribution in [0.25, 0.3) is 10.2 Å². The van der Waals surface area contributed by atoms with E-state index in [1.807, 2.05) is 12.1 Å². The largest absolute Gasteiger partial charge is 0.486 e. The molecule has 0 aliphatic carbocycles. The van der Waals surface area contributed by atoms with Gasteiger partial charge in [0.05, 0.1) is 16.5 Å². The molecule has 0 unspecified atom stereocenters. The number of ether oxygens (including phenoxy) is 2. The number of fused-ring (bicyclic) bond motifs is 2. The van der Waals surface area contributed by atoms with Crippen LogP contribution >= 0.6 is 11.3 Å². The van der Waals surface area contributed by atoms with E-state index in [1.165, 1.54) is 21.9 Å². The van der Waals surface area contributed by atoms with Crippen molar-refractivity contribution in [3.63, 3.8) is 0 Å². The highest BCUT2D eigenvalue weighted by atomic mass is 32.2. The molecule has 8 nitrogen and oxygen atoms in total. The Balaban J connectivity index is 1.45. The molecule has 2 aliphatic rings. The van der Waals surface area contributed by atoms with Gasteiger partial charge in [0.1, 0.15) is 13.2 Å². The molecule has 26 heavy (non-hydrogen) atoms. The van der Waals surface area contributed by atoms with E-state index in [0.717, 1.165) is 10.2 Å². The highest BCUT2D eigenvalue weighted by Gasteiger charge is 2.29. The quantitative estimate of drug-likeness (QED) is 0.846. The number of sulfonamides is 1. The number of carbonyl (C=O) groups excluding carboxylic acids is 1. The number of nitrogens with one attached hydrogen (secondary N) is 1. The van der Waals surface area contributed by atoms with Gasteiger partial charge in [0.15, 0.2) is 16.6 Å². The van der Waals surface area contributed by atoms with Crippen LogP contribution in [0.3, 0.4) is 0 Å². The molecule has 10 heteroatoms. The number of rotatable bonds is 3. The van der Waals surface area contributed by atoms with Crippen molar-refractivity contribution in [3.05, 3.63) is 12.1 Å². The summed E-state index contributed by atoms with van der Waals surface area (Å²) >= 11 is 1.38. The lowest BCUT2D eigenvalue weighted by Crippen LogP contribution is -2.40. The molecule has 0 radical (unpaired) electrons. The van der Waals surface area contributed by atoms with Crippen LogP contribution in [0.15, 0.2) is 12.1 Å². The first-order valence-corrected chi connectivity index (χ1v) is 11.0. The van der Waals surface area contributed by atoms with Crippen LogP contribution < -0.4 is 14.8 Å². The molecular weight excluding hydrogens is 378 g/mol. The third-order valence-electron chi connectivity index (χ3n) is 4.58. The van der Waals surface area contributed by atoms with Gasteiger partial charge in [0.2, 0.25) is 15.9 Å². The third-order valence-corrected chi connectivity index (χ3v) is 6.81. The number of carbonyl (C=O) groups is 1. The van der Waals surface area contributed by atoms with Gasteiger partial charge in [0.25, 0.3) is 0 Å². The van der Waals surface area contributed by atoms with Gasteiger partial charge in [-0.25, -0.2) is 17.7 Å². The zero-order chi connectivity index (χ0) is 18.3. The second-order valence-electron chi connectivity index (χ2n) is 6.41. The van der Waals surface area contributed by atoms with Crippen LogP contribution in [0.4, 0.5) is 5.13 Å². The van der Waals surface area contributed by atoms with Crippen LogP contribution in [0.1, 0.15) is 12.8 Å². The first kappa shape index (κ1) is 17.5.